The molecule has 1 aliphatic heterocycles. The number of hydrogen-bond donors (Lipinski definition) is 3. The fourth-order valence-electron chi connectivity index (χ4n) is 2.91. The minimum absolute atomic E-state index is 0.145. The molecule has 0 saturated heterocycles. The van der Waals surface area contributed by atoms with Crippen molar-refractivity contribution in [3.8, 4) is 11.5 Å². The Morgan fingerprint density at radius 2 is 1.64 bits per heavy atom. The van der Waals surface area contributed by atoms with Crippen LogP contribution in [0.15, 0.2) is 71.8 Å². The predicted octanol–water partition coefficient (Wildman–Crippen LogP) is 3.41. The van der Waals surface area contributed by atoms with E-state index in [9.17, 15) is 14.4 Å². The molecular formula is C23H17ClN4O5. The van der Waals surface area contributed by atoms with Crippen LogP contribution in [0.25, 0.3) is 0 Å². The van der Waals surface area contributed by atoms with E-state index in [0.717, 1.165) is 0 Å². The Morgan fingerprint density at radius 3 is 2.45 bits per heavy atom. The van der Waals surface area contributed by atoms with E-state index in [0.29, 0.717) is 27.8 Å². The maximum absolute atomic E-state index is 12.6. The number of nitrogens with zero attached hydrogens (tertiary/aromatic N) is 1. The molecule has 4 rings (SSSR count). The highest BCUT2D eigenvalue weighted by Crippen LogP contribution is 2.31. The van der Waals surface area contributed by atoms with Gasteiger partial charge in [-0.3, -0.25) is 14.4 Å². The Kier molecular flexibility index (Phi) is 6.51. The number of anilines is 2. The Morgan fingerprint density at radius 1 is 0.879 bits per heavy atom. The van der Waals surface area contributed by atoms with Gasteiger partial charge in [-0.25, -0.2) is 5.43 Å². The first-order valence-corrected chi connectivity index (χ1v) is 10.1. The van der Waals surface area contributed by atoms with Crippen molar-refractivity contribution in [2.75, 3.05) is 17.4 Å². The molecule has 1 aliphatic rings. The van der Waals surface area contributed by atoms with E-state index in [2.05, 4.69) is 21.2 Å². The van der Waals surface area contributed by atoms with Crippen molar-refractivity contribution >= 4 is 46.9 Å². The zero-order valence-corrected chi connectivity index (χ0v) is 17.8. The summed E-state index contributed by atoms with van der Waals surface area (Å²) in [5.74, 6) is -1.26. The molecule has 0 saturated carbocycles. The van der Waals surface area contributed by atoms with Crippen LogP contribution in [-0.4, -0.2) is 30.7 Å². The molecule has 10 heteroatoms. The lowest BCUT2D eigenvalue weighted by atomic mass is 10.1. The van der Waals surface area contributed by atoms with Crippen LogP contribution in [0.3, 0.4) is 0 Å². The molecule has 0 aliphatic carbocycles. The lowest BCUT2D eigenvalue weighted by Gasteiger charge is -2.11. The molecule has 0 atom stereocenters. The molecule has 9 nitrogen and oxygen atoms in total. The molecule has 0 fully saturated rings. The number of hydrazone groups is 1. The van der Waals surface area contributed by atoms with Gasteiger partial charge in [-0.1, -0.05) is 23.7 Å². The molecule has 3 N–H and O–H groups in total. The molecule has 0 bridgehead atoms. The lowest BCUT2D eigenvalue weighted by molar-refractivity contribution is -0.136. The summed E-state index contributed by atoms with van der Waals surface area (Å²) >= 11 is 5.85. The monoisotopic (exact) mass is 464 g/mol. The Bertz CT molecular complexity index is 1240. The van der Waals surface area contributed by atoms with Crippen LogP contribution < -0.4 is 25.5 Å². The van der Waals surface area contributed by atoms with Crippen LogP contribution in [-0.2, 0) is 9.59 Å². The highest BCUT2D eigenvalue weighted by molar-refractivity contribution is 6.40. The third kappa shape index (κ3) is 5.46. The normalized spacial score (nSPS) is 11.8. The summed E-state index contributed by atoms with van der Waals surface area (Å²) in [6.07, 6.45) is 1.36. The van der Waals surface area contributed by atoms with Crippen LogP contribution in [0, 0.1) is 0 Å². The molecule has 0 unspecified atom stereocenters. The smallest absolute Gasteiger partial charge is 0.329 e. The first-order valence-electron chi connectivity index (χ1n) is 9.69. The molecule has 3 aromatic carbocycles. The minimum Gasteiger partial charge on any atom is -0.454 e. The minimum atomic E-state index is -1.00. The summed E-state index contributed by atoms with van der Waals surface area (Å²) in [5.41, 5.74) is 3.67. The highest BCUT2D eigenvalue weighted by atomic mass is 35.5. The number of carbonyl (C=O) groups excluding carboxylic acids is 3. The average Bonchev–Trinajstić information content (AvgIpc) is 3.29. The zero-order chi connectivity index (χ0) is 23.2. The van der Waals surface area contributed by atoms with Gasteiger partial charge in [0.25, 0.3) is 5.91 Å². The van der Waals surface area contributed by atoms with Gasteiger partial charge in [0.15, 0.2) is 11.5 Å². The maximum atomic E-state index is 12.6. The summed E-state index contributed by atoms with van der Waals surface area (Å²) in [6.45, 7) is 0.145. The van der Waals surface area contributed by atoms with Crippen LogP contribution in [0.5, 0.6) is 11.5 Å². The fraction of sp³-hybridized carbons (Fsp3) is 0.0435. The highest BCUT2D eigenvalue weighted by Gasteiger charge is 2.18. The first kappa shape index (κ1) is 21.8. The van der Waals surface area contributed by atoms with Gasteiger partial charge in [0, 0.05) is 10.7 Å². The molecule has 3 aromatic rings. The summed E-state index contributed by atoms with van der Waals surface area (Å²) < 4.78 is 10.5. The van der Waals surface area contributed by atoms with Crippen LogP contribution in [0.1, 0.15) is 15.9 Å². The summed E-state index contributed by atoms with van der Waals surface area (Å²) in [5, 5.41) is 9.45. The number of ether oxygens (including phenoxy) is 2. The third-order valence-corrected chi connectivity index (χ3v) is 4.76. The summed E-state index contributed by atoms with van der Waals surface area (Å²) in [4.78, 5) is 37.1. The van der Waals surface area contributed by atoms with Gasteiger partial charge >= 0.3 is 11.8 Å². The molecule has 0 aromatic heterocycles. The predicted molar refractivity (Wildman–Crippen MR) is 123 cm³/mol. The van der Waals surface area contributed by atoms with E-state index >= 15 is 0 Å². The van der Waals surface area contributed by atoms with Gasteiger partial charge < -0.3 is 20.1 Å². The summed E-state index contributed by atoms with van der Waals surface area (Å²) in [6, 6.07) is 18.0. The van der Waals surface area contributed by atoms with Crippen molar-refractivity contribution in [3.05, 3.63) is 82.9 Å². The van der Waals surface area contributed by atoms with Crippen molar-refractivity contribution in [2.45, 2.75) is 0 Å². The number of halogens is 1. The number of benzene rings is 3. The average molecular weight is 465 g/mol. The van der Waals surface area contributed by atoms with Crippen LogP contribution in [0.2, 0.25) is 5.02 Å². The number of para-hydroxylation sites is 1. The van der Waals surface area contributed by atoms with Gasteiger partial charge in [0.2, 0.25) is 6.79 Å². The molecule has 3 amide bonds. The second-order valence-corrected chi connectivity index (χ2v) is 7.21. The Labute approximate surface area is 193 Å². The molecule has 33 heavy (non-hydrogen) atoms. The zero-order valence-electron chi connectivity index (χ0n) is 17.0. The molecular weight excluding hydrogens is 448 g/mol. The molecule has 1 heterocycles. The van der Waals surface area contributed by atoms with Crippen molar-refractivity contribution in [1.82, 2.24) is 5.43 Å². The van der Waals surface area contributed by atoms with Gasteiger partial charge in [-0.05, 0) is 60.2 Å². The van der Waals surface area contributed by atoms with E-state index in [1.807, 2.05) is 0 Å². The van der Waals surface area contributed by atoms with E-state index < -0.39 is 17.7 Å². The van der Waals surface area contributed by atoms with Crippen LogP contribution >= 0.6 is 11.6 Å². The fourth-order valence-corrected chi connectivity index (χ4v) is 3.04. The number of rotatable bonds is 5. The van der Waals surface area contributed by atoms with Crippen molar-refractivity contribution < 1.29 is 23.9 Å². The second-order valence-electron chi connectivity index (χ2n) is 6.77. The number of amides is 3. The third-order valence-electron chi connectivity index (χ3n) is 4.50. The summed E-state index contributed by atoms with van der Waals surface area (Å²) in [7, 11) is 0. The number of fused-ring (bicyclic) bond motifs is 1. The maximum Gasteiger partial charge on any atom is 0.329 e. The standard InChI is InChI=1S/C23H17ClN4O5/c24-15-6-8-16(9-7-15)26-21(29)17-3-1-2-4-18(17)27-22(30)23(31)28-25-12-14-5-10-19-20(11-14)33-13-32-19/h1-12H,13H2,(H,26,29)(H,27,30)(H,28,31)/b25-12-. The topological polar surface area (TPSA) is 118 Å². The number of carbonyl (C=O) groups is 3. The van der Waals surface area contributed by atoms with Gasteiger partial charge in [-0.15, -0.1) is 0 Å². The van der Waals surface area contributed by atoms with E-state index in [-0.39, 0.29) is 18.0 Å². The van der Waals surface area contributed by atoms with Gasteiger partial charge in [0.1, 0.15) is 0 Å². The number of hydrogen-bond acceptors (Lipinski definition) is 6. The second kappa shape index (κ2) is 9.84. The Hall–Kier alpha value is -4.37. The lowest BCUT2D eigenvalue weighted by Crippen LogP contribution is -2.33. The quantitative estimate of drug-likeness (QED) is 0.304. The SMILES string of the molecule is O=C(N/N=C\c1ccc2c(c1)OCO2)C(=O)Nc1ccccc1C(=O)Nc1ccc(Cl)cc1. The van der Waals surface area contributed by atoms with Gasteiger partial charge in [-0.2, -0.15) is 5.10 Å². The van der Waals surface area contributed by atoms with Gasteiger partial charge in [0.05, 0.1) is 17.5 Å². The largest absolute Gasteiger partial charge is 0.454 e. The first-order chi connectivity index (χ1) is 16.0. The number of nitrogens with one attached hydrogen (secondary N) is 3. The molecule has 166 valence electrons. The van der Waals surface area contributed by atoms with Crippen molar-refractivity contribution in [2.24, 2.45) is 5.10 Å². The van der Waals surface area contributed by atoms with E-state index in [1.54, 1.807) is 54.6 Å². The Balaban J connectivity index is 1.37. The van der Waals surface area contributed by atoms with E-state index in [4.69, 9.17) is 21.1 Å². The molecule has 0 spiro atoms. The van der Waals surface area contributed by atoms with Crippen LogP contribution in [0.4, 0.5) is 11.4 Å². The van der Waals surface area contributed by atoms with E-state index in [1.165, 1.54) is 18.3 Å². The van der Waals surface area contributed by atoms with Crippen molar-refractivity contribution in [3.63, 3.8) is 0 Å². The van der Waals surface area contributed by atoms with Crippen molar-refractivity contribution in [1.29, 1.82) is 0 Å². The molecule has 0 radical (unpaired) electrons.